The second kappa shape index (κ2) is 8.60. The van der Waals surface area contributed by atoms with Crippen LogP contribution in [0.3, 0.4) is 0 Å². The number of para-hydroxylation sites is 1. The molecule has 2 aromatic rings. The first-order valence-electron chi connectivity index (χ1n) is 7.55. The molecule has 0 spiro atoms. The first kappa shape index (κ1) is 17.4. The van der Waals surface area contributed by atoms with Crippen molar-refractivity contribution in [1.82, 2.24) is 5.32 Å². The third-order valence-corrected chi connectivity index (χ3v) is 3.58. The molecule has 0 fully saturated rings. The molecule has 2 unspecified atom stereocenters. The fraction of sp³-hybridized carbons (Fsp3) is 0.333. The third kappa shape index (κ3) is 5.62. The number of aliphatic hydroxyl groups is 1. The van der Waals surface area contributed by atoms with Gasteiger partial charge in [0.1, 0.15) is 5.75 Å². The first-order valence-corrected chi connectivity index (χ1v) is 7.55. The molecule has 0 amide bonds. The van der Waals surface area contributed by atoms with Crippen LogP contribution in [0.5, 0.6) is 5.75 Å². The number of aliphatic hydroxyl groups excluding tert-OH is 1. The summed E-state index contributed by atoms with van der Waals surface area (Å²) in [5, 5.41) is 13.3. The van der Waals surface area contributed by atoms with Gasteiger partial charge in [-0.15, -0.1) is 0 Å². The Bertz CT molecular complexity index is 593. The standard InChI is InChI=1S/C18H21F2NO2/c1-13(16-9-5-6-10-17(16)23-18(19)20)21-12-15(22)11-14-7-3-2-4-8-14/h2-10,13,15,18,21-22H,11-12H2,1H3. The van der Waals surface area contributed by atoms with E-state index in [-0.39, 0.29) is 11.8 Å². The van der Waals surface area contributed by atoms with Crippen LogP contribution in [-0.4, -0.2) is 24.4 Å². The normalized spacial score (nSPS) is 13.8. The number of hydrogen-bond donors (Lipinski definition) is 2. The van der Waals surface area contributed by atoms with Gasteiger partial charge in [-0.1, -0.05) is 48.5 Å². The van der Waals surface area contributed by atoms with Crippen LogP contribution in [0.4, 0.5) is 8.78 Å². The Labute approximate surface area is 134 Å². The summed E-state index contributed by atoms with van der Waals surface area (Å²) in [5.74, 6) is 0.153. The fourth-order valence-corrected chi connectivity index (χ4v) is 2.42. The molecule has 2 aromatic carbocycles. The maximum absolute atomic E-state index is 12.4. The maximum Gasteiger partial charge on any atom is 0.387 e. The van der Waals surface area contributed by atoms with Gasteiger partial charge in [-0.05, 0) is 25.0 Å². The zero-order valence-electron chi connectivity index (χ0n) is 13.0. The highest BCUT2D eigenvalue weighted by Gasteiger charge is 2.15. The topological polar surface area (TPSA) is 41.5 Å². The minimum absolute atomic E-state index is 0.153. The van der Waals surface area contributed by atoms with Crippen molar-refractivity contribution in [2.24, 2.45) is 0 Å². The summed E-state index contributed by atoms with van der Waals surface area (Å²) in [6.45, 7) is -0.644. The summed E-state index contributed by atoms with van der Waals surface area (Å²) in [4.78, 5) is 0. The molecule has 0 saturated carbocycles. The summed E-state index contributed by atoms with van der Waals surface area (Å²) in [5.41, 5.74) is 1.69. The minimum atomic E-state index is -2.85. The number of rotatable bonds is 8. The predicted octanol–water partition coefficient (Wildman–Crippen LogP) is 3.54. The van der Waals surface area contributed by atoms with Crippen LogP contribution in [0, 0.1) is 0 Å². The molecule has 124 valence electrons. The van der Waals surface area contributed by atoms with Gasteiger partial charge < -0.3 is 15.2 Å². The highest BCUT2D eigenvalue weighted by molar-refractivity contribution is 5.35. The molecule has 0 aliphatic rings. The molecule has 0 aromatic heterocycles. The Balaban J connectivity index is 1.90. The van der Waals surface area contributed by atoms with Crippen LogP contribution in [0.25, 0.3) is 0 Å². The lowest BCUT2D eigenvalue weighted by Crippen LogP contribution is -2.30. The number of ether oxygens (including phenoxy) is 1. The van der Waals surface area contributed by atoms with Crippen molar-refractivity contribution in [2.75, 3.05) is 6.54 Å². The molecule has 2 N–H and O–H groups in total. The average molecular weight is 321 g/mol. The van der Waals surface area contributed by atoms with Gasteiger partial charge in [0, 0.05) is 18.2 Å². The smallest absolute Gasteiger partial charge is 0.387 e. The summed E-state index contributed by atoms with van der Waals surface area (Å²) in [7, 11) is 0. The van der Waals surface area contributed by atoms with E-state index in [1.54, 1.807) is 18.2 Å². The van der Waals surface area contributed by atoms with E-state index >= 15 is 0 Å². The van der Waals surface area contributed by atoms with Crippen LogP contribution in [0.2, 0.25) is 0 Å². The number of alkyl halides is 2. The quantitative estimate of drug-likeness (QED) is 0.781. The van der Waals surface area contributed by atoms with Crippen molar-refractivity contribution in [3.63, 3.8) is 0 Å². The van der Waals surface area contributed by atoms with Gasteiger partial charge in [-0.2, -0.15) is 8.78 Å². The van der Waals surface area contributed by atoms with E-state index in [2.05, 4.69) is 10.1 Å². The van der Waals surface area contributed by atoms with Crippen LogP contribution >= 0.6 is 0 Å². The molecular weight excluding hydrogens is 300 g/mol. The van der Waals surface area contributed by atoms with Gasteiger partial charge in [0.05, 0.1) is 6.10 Å². The lowest BCUT2D eigenvalue weighted by atomic mass is 10.1. The van der Waals surface area contributed by atoms with Gasteiger partial charge >= 0.3 is 6.61 Å². The van der Waals surface area contributed by atoms with E-state index in [0.717, 1.165) is 5.56 Å². The zero-order chi connectivity index (χ0) is 16.7. The second-order valence-electron chi connectivity index (χ2n) is 5.39. The molecule has 0 radical (unpaired) electrons. The summed E-state index contributed by atoms with van der Waals surface area (Å²) >= 11 is 0. The van der Waals surface area contributed by atoms with Crippen molar-refractivity contribution in [1.29, 1.82) is 0 Å². The molecule has 23 heavy (non-hydrogen) atoms. The molecule has 0 aliphatic carbocycles. The number of nitrogens with one attached hydrogen (secondary N) is 1. The van der Waals surface area contributed by atoms with E-state index in [4.69, 9.17) is 0 Å². The summed E-state index contributed by atoms with van der Waals surface area (Å²) in [6, 6.07) is 16.2. The molecule has 0 saturated heterocycles. The van der Waals surface area contributed by atoms with E-state index in [0.29, 0.717) is 18.5 Å². The van der Waals surface area contributed by atoms with Crippen molar-refractivity contribution in [3.8, 4) is 5.75 Å². The first-order chi connectivity index (χ1) is 11.1. The molecular formula is C18H21F2NO2. The highest BCUT2D eigenvalue weighted by atomic mass is 19.3. The van der Waals surface area contributed by atoms with E-state index in [1.165, 1.54) is 6.07 Å². The minimum Gasteiger partial charge on any atom is -0.434 e. The largest absolute Gasteiger partial charge is 0.434 e. The molecule has 5 heteroatoms. The Morgan fingerprint density at radius 3 is 2.39 bits per heavy atom. The van der Waals surface area contributed by atoms with Crippen molar-refractivity contribution < 1.29 is 18.6 Å². The molecule has 0 heterocycles. The summed E-state index contributed by atoms with van der Waals surface area (Å²) < 4.78 is 29.4. The third-order valence-electron chi connectivity index (χ3n) is 3.58. The Morgan fingerprint density at radius 2 is 1.70 bits per heavy atom. The van der Waals surface area contributed by atoms with Crippen LogP contribution < -0.4 is 10.1 Å². The fourth-order valence-electron chi connectivity index (χ4n) is 2.42. The lowest BCUT2D eigenvalue weighted by molar-refractivity contribution is -0.0507. The van der Waals surface area contributed by atoms with E-state index in [9.17, 15) is 13.9 Å². The van der Waals surface area contributed by atoms with Gasteiger partial charge in [-0.3, -0.25) is 0 Å². The van der Waals surface area contributed by atoms with Crippen molar-refractivity contribution >= 4 is 0 Å². The maximum atomic E-state index is 12.4. The van der Waals surface area contributed by atoms with Crippen molar-refractivity contribution in [3.05, 3.63) is 65.7 Å². The van der Waals surface area contributed by atoms with E-state index < -0.39 is 12.7 Å². The summed E-state index contributed by atoms with van der Waals surface area (Å²) in [6.07, 6.45) is -0.0153. The van der Waals surface area contributed by atoms with Crippen molar-refractivity contribution in [2.45, 2.75) is 32.1 Å². The monoisotopic (exact) mass is 321 g/mol. The number of halogens is 2. The average Bonchev–Trinajstić information content (AvgIpc) is 2.53. The number of benzene rings is 2. The molecule has 3 nitrogen and oxygen atoms in total. The van der Waals surface area contributed by atoms with Crippen LogP contribution in [-0.2, 0) is 6.42 Å². The molecule has 2 rings (SSSR count). The zero-order valence-corrected chi connectivity index (χ0v) is 13.0. The lowest BCUT2D eigenvalue weighted by Gasteiger charge is -2.20. The van der Waals surface area contributed by atoms with Gasteiger partial charge in [-0.25, -0.2) is 0 Å². The van der Waals surface area contributed by atoms with Gasteiger partial charge in [0.25, 0.3) is 0 Å². The second-order valence-corrected chi connectivity index (χ2v) is 5.39. The van der Waals surface area contributed by atoms with Gasteiger partial charge in [0.15, 0.2) is 0 Å². The Hall–Kier alpha value is -1.98. The van der Waals surface area contributed by atoms with Crippen LogP contribution in [0.1, 0.15) is 24.1 Å². The Kier molecular flexibility index (Phi) is 6.50. The predicted molar refractivity (Wildman–Crippen MR) is 85.6 cm³/mol. The number of hydrogen-bond acceptors (Lipinski definition) is 3. The van der Waals surface area contributed by atoms with Crippen LogP contribution in [0.15, 0.2) is 54.6 Å². The van der Waals surface area contributed by atoms with E-state index in [1.807, 2.05) is 37.3 Å². The van der Waals surface area contributed by atoms with Gasteiger partial charge in [0.2, 0.25) is 0 Å². The Morgan fingerprint density at radius 1 is 1.04 bits per heavy atom. The highest BCUT2D eigenvalue weighted by Crippen LogP contribution is 2.26. The molecule has 0 bridgehead atoms. The molecule has 0 aliphatic heterocycles. The molecule has 2 atom stereocenters. The SMILES string of the molecule is CC(NCC(O)Cc1ccccc1)c1ccccc1OC(F)F.